The third-order valence-electron chi connectivity index (χ3n) is 3.64. The Labute approximate surface area is 114 Å². The van der Waals surface area contributed by atoms with Crippen LogP contribution in [0.1, 0.15) is 31.4 Å². The lowest BCUT2D eigenvalue weighted by Gasteiger charge is -2.25. The Bertz CT molecular complexity index is 417. The van der Waals surface area contributed by atoms with E-state index in [-0.39, 0.29) is 5.91 Å². The summed E-state index contributed by atoms with van der Waals surface area (Å²) >= 11 is 0. The van der Waals surface area contributed by atoms with Gasteiger partial charge in [0.25, 0.3) is 0 Å². The first kappa shape index (κ1) is 13.9. The molecule has 1 atom stereocenters. The van der Waals surface area contributed by atoms with E-state index >= 15 is 0 Å². The molecule has 0 saturated carbocycles. The van der Waals surface area contributed by atoms with Gasteiger partial charge in [0.2, 0.25) is 5.91 Å². The van der Waals surface area contributed by atoms with E-state index < -0.39 is 0 Å². The fourth-order valence-electron chi connectivity index (χ4n) is 2.67. The minimum atomic E-state index is 0.0418. The number of carbonyl (C=O) groups is 1. The first-order valence-electron chi connectivity index (χ1n) is 6.83. The van der Waals surface area contributed by atoms with Gasteiger partial charge in [0.1, 0.15) is 5.75 Å². The van der Waals surface area contributed by atoms with Crippen LogP contribution in [0.25, 0.3) is 0 Å². The second-order valence-corrected chi connectivity index (χ2v) is 4.95. The van der Waals surface area contributed by atoms with Crippen molar-refractivity contribution in [2.24, 2.45) is 0 Å². The molecule has 4 heteroatoms. The Morgan fingerprint density at radius 2 is 2.16 bits per heavy atom. The molecule has 1 saturated heterocycles. The van der Waals surface area contributed by atoms with Crippen LogP contribution in [0.2, 0.25) is 0 Å². The number of nitrogens with one attached hydrogen (secondary N) is 1. The molecule has 0 radical (unpaired) electrons. The lowest BCUT2D eigenvalue weighted by molar-refractivity contribution is -0.119. The van der Waals surface area contributed by atoms with Crippen LogP contribution in [-0.4, -0.2) is 37.6 Å². The molecule has 1 unspecified atom stereocenters. The monoisotopic (exact) mass is 262 g/mol. The molecule has 104 valence electrons. The van der Waals surface area contributed by atoms with E-state index in [0.29, 0.717) is 6.04 Å². The molecule has 0 aromatic heterocycles. The Kier molecular flexibility index (Phi) is 4.80. The normalized spacial score (nSPS) is 19.4. The highest BCUT2D eigenvalue weighted by Gasteiger charge is 2.25. The quantitative estimate of drug-likeness (QED) is 0.882. The molecule has 1 N–H and O–H groups in total. The van der Waals surface area contributed by atoms with Crippen LogP contribution < -0.4 is 10.1 Å². The van der Waals surface area contributed by atoms with Crippen LogP contribution in [0.5, 0.6) is 5.75 Å². The molecule has 1 aliphatic heterocycles. The highest BCUT2D eigenvalue weighted by atomic mass is 16.5. The summed E-state index contributed by atoms with van der Waals surface area (Å²) in [5, 5.41) is 2.86. The van der Waals surface area contributed by atoms with Crippen LogP contribution in [0.3, 0.4) is 0 Å². The summed E-state index contributed by atoms with van der Waals surface area (Å²) in [6.07, 6.45) is 2.41. The van der Waals surface area contributed by atoms with Gasteiger partial charge in [-0.05, 0) is 37.1 Å². The standard InChI is InChI=1S/C15H22N2O2/c1-12(18)16-9-11-17-10-3-4-15(17)13-5-7-14(19-2)8-6-13/h5-8,15H,3-4,9-11H2,1-2H3,(H,16,18). The smallest absolute Gasteiger partial charge is 0.216 e. The Hall–Kier alpha value is -1.55. The van der Waals surface area contributed by atoms with Crippen LogP contribution >= 0.6 is 0 Å². The van der Waals surface area contributed by atoms with Crippen molar-refractivity contribution in [3.63, 3.8) is 0 Å². The Morgan fingerprint density at radius 1 is 1.42 bits per heavy atom. The molecule has 0 bridgehead atoms. The summed E-state index contributed by atoms with van der Waals surface area (Å²) in [7, 11) is 1.68. The first-order chi connectivity index (χ1) is 9.20. The largest absolute Gasteiger partial charge is 0.497 e. The second kappa shape index (κ2) is 6.57. The van der Waals surface area contributed by atoms with Crippen molar-refractivity contribution in [3.8, 4) is 5.75 Å². The average Bonchev–Trinajstić information content (AvgIpc) is 2.87. The van der Waals surface area contributed by atoms with E-state index in [0.717, 1.165) is 25.4 Å². The van der Waals surface area contributed by atoms with Crippen molar-refractivity contribution in [2.45, 2.75) is 25.8 Å². The van der Waals surface area contributed by atoms with Crippen LogP contribution in [0, 0.1) is 0 Å². The number of amides is 1. The number of hydrogen-bond acceptors (Lipinski definition) is 3. The second-order valence-electron chi connectivity index (χ2n) is 4.95. The number of likely N-dealkylation sites (tertiary alicyclic amines) is 1. The van der Waals surface area contributed by atoms with Gasteiger partial charge in [-0.3, -0.25) is 9.69 Å². The summed E-state index contributed by atoms with van der Waals surface area (Å²) in [4.78, 5) is 13.3. The van der Waals surface area contributed by atoms with Gasteiger partial charge >= 0.3 is 0 Å². The number of carbonyl (C=O) groups excluding carboxylic acids is 1. The van der Waals surface area contributed by atoms with Gasteiger partial charge in [-0.2, -0.15) is 0 Å². The topological polar surface area (TPSA) is 41.6 Å². The number of benzene rings is 1. The van der Waals surface area contributed by atoms with Gasteiger partial charge in [0, 0.05) is 26.1 Å². The number of hydrogen-bond donors (Lipinski definition) is 1. The number of ether oxygens (including phenoxy) is 1. The SMILES string of the molecule is COc1ccc(C2CCCN2CCNC(C)=O)cc1. The van der Waals surface area contributed by atoms with Gasteiger partial charge in [0.05, 0.1) is 7.11 Å². The summed E-state index contributed by atoms with van der Waals surface area (Å²) in [6.45, 7) is 4.31. The molecule has 1 aromatic carbocycles. The summed E-state index contributed by atoms with van der Waals surface area (Å²) in [5.41, 5.74) is 1.33. The average molecular weight is 262 g/mol. The highest BCUT2D eigenvalue weighted by molar-refractivity contribution is 5.72. The zero-order valence-corrected chi connectivity index (χ0v) is 11.7. The van der Waals surface area contributed by atoms with E-state index in [9.17, 15) is 4.79 Å². The highest BCUT2D eigenvalue weighted by Crippen LogP contribution is 2.32. The van der Waals surface area contributed by atoms with E-state index in [2.05, 4.69) is 22.3 Å². The third kappa shape index (κ3) is 3.70. The van der Waals surface area contributed by atoms with Crippen molar-refractivity contribution >= 4 is 5.91 Å². The lowest BCUT2D eigenvalue weighted by atomic mass is 10.0. The lowest BCUT2D eigenvalue weighted by Crippen LogP contribution is -2.33. The molecule has 4 nitrogen and oxygen atoms in total. The van der Waals surface area contributed by atoms with E-state index in [1.807, 2.05) is 12.1 Å². The van der Waals surface area contributed by atoms with Crippen molar-refractivity contribution in [2.75, 3.05) is 26.7 Å². The zero-order chi connectivity index (χ0) is 13.7. The molecule has 1 heterocycles. The molecular formula is C15H22N2O2. The summed E-state index contributed by atoms with van der Waals surface area (Å²) < 4.78 is 5.19. The van der Waals surface area contributed by atoms with Gasteiger partial charge < -0.3 is 10.1 Å². The van der Waals surface area contributed by atoms with Crippen LogP contribution in [0.4, 0.5) is 0 Å². The first-order valence-corrected chi connectivity index (χ1v) is 6.83. The van der Waals surface area contributed by atoms with Crippen molar-refractivity contribution < 1.29 is 9.53 Å². The number of methoxy groups -OCH3 is 1. The van der Waals surface area contributed by atoms with Crippen molar-refractivity contribution in [1.82, 2.24) is 10.2 Å². The van der Waals surface area contributed by atoms with Gasteiger partial charge in [0.15, 0.2) is 0 Å². The number of nitrogens with zero attached hydrogens (tertiary/aromatic N) is 1. The Morgan fingerprint density at radius 3 is 2.79 bits per heavy atom. The maximum Gasteiger partial charge on any atom is 0.216 e. The summed E-state index contributed by atoms with van der Waals surface area (Å²) in [6, 6.07) is 8.78. The molecule has 0 aliphatic carbocycles. The fraction of sp³-hybridized carbons (Fsp3) is 0.533. The molecule has 0 spiro atoms. The molecule has 1 aromatic rings. The van der Waals surface area contributed by atoms with Crippen molar-refractivity contribution in [3.05, 3.63) is 29.8 Å². The molecule has 1 fully saturated rings. The predicted octanol–water partition coefficient (Wildman–Crippen LogP) is 1.97. The minimum Gasteiger partial charge on any atom is -0.497 e. The molecular weight excluding hydrogens is 240 g/mol. The Balaban J connectivity index is 1.95. The van der Waals surface area contributed by atoms with Crippen LogP contribution in [-0.2, 0) is 4.79 Å². The maximum absolute atomic E-state index is 10.9. The van der Waals surface area contributed by atoms with Gasteiger partial charge in [-0.15, -0.1) is 0 Å². The van der Waals surface area contributed by atoms with Crippen molar-refractivity contribution in [1.29, 1.82) is 0 Å². The molecule has 1 amide bonds. The number of rotatable bonds is 5. The fourth-order valence-corrected chi connectivity index (χ4v) is 2.67. The van der Waals surface area contributed by atoms with Gasteiger partial charge in [-0.25, -0.2) is 0 Å². The van der Waals surface area contributed by atoms with E-state index in [4.69, 9.17) is 4.74 Å². The minimum absolute atomic E-state index is 0.0418. The van der Waals surface area contributed by atoms with E-state index in [1.165, 1.54) is 18.4 Å². The molecule has 19 heavy (non-hydrogen) atoms. The third-order valence-corrected chi connectivity index (χ3v) is 3.64. The molecule has 2 rings (SSSR count). The predicted molar refractivity (Wildman–Crippen MR) is 75.2 cm³/mol. The maximum atomic E-state index is 10.9. The summed E-state index contributed by atoms with van der Waals surface area (Å²) in [5.74, 6) is 0.937. The van der Waals surface area contributed by atoms with Gasteiger partial charge in [-0.1, -0.05) is 12.1 Å². The molecule has 1 aliphatic rings. The van der Waals surface area contributed by atoms with E-state index in [1.54, 1.807) is 14.0 Å². The van der Waals surface area contributed by atoms with Crippen LogP contribution in [0.15, 0.2) is 24.3 Å². The zero-order valence-electron chi connectivity index (χ0n) is 11.7.